The number of methoxy groups -OCH3 is 1. The number of hydrogen-bond acceptors (Lipinski definition) is 7. The van der Waals surface area contributed by atoms with Gasteiger partial charge in [0.2, 0.25) is 15.9 Å². The van der Waals surface area contributed by atoms with Gasteiger partial charge in [-0.15, -0.1) is 13.2 Å². The van der Waals surface area contributed by atoms with E-state index in [0.29, 0.717) is 44.5 Å². The summed E-state index contributed by atoms with van der Waals surface area (Å²) in [4.78, 5) is 26.6. The normalized spacial score (nSPS) is 19.1. The van der Waals surface area contributed by atoms with Gasteiger partial charge in [0.15, 0.2) is 0 Å². The summed E-state index contributed by atoms with van der Waals surface area (Å²) in [5.41, 5.74) is 3.91. The van der Waals surface area contributed by atoms with Crippen molar-refractivity contribution < 1.29 is 45.0 Å². The van der Waals surface area contributed by atoms with Gasteiger partial charge in [-0.2, -0.15) is 4.31 Å². The van der Waals surface area contributed by atoms with Crippen LogP contribution in [-0.4, -0.2) is 69.4 Å². The number of rotatable bonds is 13. The second kappa shape index (κ2) is 16.9. The number of benzene rings is 3. The number of nitrogens with zero attached hydrogens (tertiary/aromatic N) is 1. The number of carbonyl (C=O) groups excluding carboxylic acids is 2. The molecule has 1 fully saturated rings. The number of allylic oxidation sites excluding steroid dienone is 3. The number of piperazine rings is 1. The monoisotopic (exact) mass is 758 g/mol. The molecule has 5 rings (SSSR count). The van der Waals surface area contributed by atoms with Crippen LogP contribution in [0.2, 0.25) is 0 Å². The number of alkyl halides is 3. The third kappa shape index (κ3) is 10.2. The number of aryl methyl sites for hydroxylation is 1. The molecule has 10 nitrogen and oxygen atoms in total. The van der Waals surface area contributed by atoms with Crippen LogP contribution in [0.15, 0.2) is 101 Å². The number of amides is 2. The molecule has 0 unspecified atom stereocenters. The smallest absolute Gasteiger partial charge is 0.453 e. The van der Waals surface area contributed by atoms with E-state index in [1.807, 2.05) is 37.3 Å². The summed E-state index contributed by atoms with van der Waals surface area (Å²) >= 11 is 0. The van der Waals surface area contributed by atoms with Gasteiger partial charge < -0.3 is 25.4 Å². The predicted octanol–water partition coefficient (Wildman–Crippen LogP) is 6.25. The Morgan fingerprint density at radius 1 is 1.00 bits per heavy atom. The lowest BCUT2D eigenvalue weighted by atomic mass is 9.85. The molecule has 1 aliphatic heterocycles. The second-order valence-electron chi connectivity index (χ2n) is 13.1. The summed E-state index contributed by atoms with van der Waals surface area (Å²) in [6, 6.07) is 15.6. The molecule has 4 atom stereocenters. The van der Waals surface area contributed by atoms with Crippen molar-refractivity contribution in [1.29, 1.82) is 0 Å². The summed E-state index contributed by atoms with van der Waals surface area (Å²) in [6.07, 6.45) is -0.477. The van der Waals surface area contributed by atoms with Crippen molar-refractivity contribution in [3.8, 4) is 5.75 Å². The zero-order valence-corrected chi connectivity index (χ0v) is 30.3. The standard InChI is InChI=1S/C38H42F4N4O6S/c1-24-7-11-27(12-8-24)33(21-26-9-14-29(39)15-10-26)35(45-37(48)51-3)36(47)44-34-6-4-5-28(34)13-16-30-23-43-22-25(2)46(30)53(49,50)32-19-17-31(18-20-32)52-38(40,41)42/h4,6-12,14-15,17-20,25,30,33,35,43H,5,13,16,21-23H2,1-3H3,(H,44,47)(H,45,48)/t25-,30-,33-,35-/m0/s1. The van der Waals surface area contributed by atoms with E-state index in [1.165, 1.54) is 23.5 Å². The Morgan fingerprint density at radius 2 is 1.68 bits per heavy atom. The van der Waals surface area contributed by atoms with Crippen LogP contribution >= 0.6 is 0 Å². The first-order valence-electron chi connectivity index (χ1n) is 17.1. The molecule has 3 aromatic rings. The largest absolute Gasteiger partial charge is 0.573 e. The first kappa shape index (κ1) is 39.5. The predicted molar refractivity (Wildman–Crippen MR) is 190 cm³/mol. The van der Waals surface area contributed by atoms with Crippen molar-refractivity contribution in [1.82, 2.24) is 20.3 Å². The lowest BCUT2D eigenvalue weighted by Gasteiger charge is -2.40. The lowest BCUT2D eigenvalue weighted by molar-refractivity contribution is -0.274. The fraction of sp³-hybridized carbons (Fsp3) is 0.368. The van der Waals surface area contributed by atoms with E-state index in [4.69, 9.17) is 4.74 Å². The summed E-state index contributed by atoms with van der Waals surface area (Å²) in [7, 11) is -2.91. The molecule has 53 heavy (non-hydrogen) atoms. The molecule has 0 aromatic heterocycles. The minimum atomic E-state index is -4.91. The van der Waals surface area contributed by atoms with Crippen LogP contribution < -0.4 is 20.7 Å². The maximum absolute atomic E-state index is 14.1. The van der Waals surface area contributed by atoms with Gasteiger partial charge in [0.1, 0.15) is 17.6 Å². The van der Waals surface area contributed by atoms with E-state index in [1.54, 1.807) is 25.1 Å². The van der Waals surface area contributed by atoms with E-state index in [-0.39, 0.29) is 4.90 Å². The highest BCUT2D eigenvalue weighted by atomic mass is 32.2. The van der Waals surface area contributed by atoms with Crippen LogP contribution in [0, 0.1) is 12.7 Å². The van der Waals surface area contributed by atoms with Crippen molar-refractivity contribution in [2.75, 3.05) is 20.2 Å². The van der Waals surface area contributed by atoms with Gasteiger partial charge in [-0.05, 0) is 98.7 Å². The van der Waals surface area contributed by atoms with E-state index in [0.717, 1.165) is 46.5 Å². The van der Waals surface area contributed by atoms with E-state index < -0.39 is 64.0 Å². The van der Waals surface area contributed by atoms with Crippen LogP contribution in [0.1, 0.15) is 48.8 Å². The molecular formula is C38H42F4N4O6S. The molecule has 3 N–H and O–H groups in total. The Balaban J connectivity index is 1.36. The van der Waals surface area contributed by atoms with Gasteiger partial charge >= 0.3 is 12.5 Å². The minimum absolute atomic E-state index is 0.159. The molecule has 15 heteroatoms. The molecule has 2 amide bonds. The first-order valence-corrected chi connectivity index (χ1v) is 18.5. The highest BCUT2D eigenvalue weighted by Crippen LogP contribution is 2.32. The molecule has 3 aromatic carbocycles. The lowest BCUT2D eigenvalue weighted by Crippen LogP contribution is -2.58. The zero-order valence-electron chi connectivity index (χ0n) is 29.5. The highest BCUT2D eigenvalue weighted by Gasteiger charge is 2.39. The molecule has 0 bridgehead atoms. The number of nitrogens with one attached hydrogen (secondary N) is 3. The Bertz CT molecular complexity index is 1920. The van der Waals surface area contributed by atoms with Gasteiger partial charge in [0.05, 0.1) is 12.0 Å². The third-order valence-corrected chi connectivity index (χ3v) is 11.4. The first-order chi connectivity index (χ1) is 25.1. The number of carbonyl (C=O) groups is 2. The topological polar surface area (TPSA) is 126 Å². The number of alkyl carbamates (subject to hydrolysis) is 1. The Hall–Kier alpha value is -4.73. The summed E-state index contributed by atoms with van der Waals surface area (Å²) in [6.45, 7) is 4.41. The summed E-state index contributed by atoms with van der Waals surface area (Å²) < 4.78 is 89.6. The van der Waals surface area contributed by atoms with Crippen LogP contribution in [0.4, 0.5) is 22.4 Å². The second-order valence-corrected chi connectivity index (χ2v) is 15.0. The number of halogens is 4. The van der Waals surface area contributed by atoms with E-state index in [2.05, 4.69) is 20.7 Å². The number of ether oxygens (including phenoxy) is 2. The minimum Gasteiger partial charge on any atom is -0.453 e. The molecule has 284 valence electrons. The van der Waals surface area contributed by atoms with Crippen molar-refractivity contribution in [2.24, 2.45) is 0 Å². The van der Waals surface area contributed by atoms with Gasteiger partial charge in [0.25, 0.3) is 0 Å². The van der Waals surface area contributed by atoms with Crippen molar-refractivity contribution in [3.63, 3.8) is 0 Å². The Kier molecular flexibility index (Phi) is 12.6. The third-order valence-electron chi connectivity index (χ3n) is 9.33. The molecule has 1 heterocycles. The molecule has 0 radical (unpaired) electrons. The Morgan fingerprint density at radius 3 is 2.32 bits per heavy atom. The van der Waals surface area contributed by atoms with Crippen LogP contribution in [0.3, 0.4) is 0 Å². The molecule has 1 aliphatic carbocycles. The maximum Gasteiger partial charge on any atom is 0.573 e. The van der Waals surface area contributed by atoms with Gasteiger partial charge in [-0.25, -0.2) is 17.6 Å². The highest BCUT2D eigenvalue weighted by molar-refractivity contribution is 7.89. The van der Waals surface area contributed by atoms with E-state index in [9.17, 15) is 35.6 Å². The molecule has 2 aliphatic rings. The van der Waals surface area contributed by atoms with Gasteiger partial charge in [-0.1, -0.05) is 48.0 Å². The molecule has 0 spiro atoms. The quantitative estimate of drug-likeness (QED) is 0.176. The number of hydrogen-bond donors (Lipinski definition) is 3. The Labute approximate surface area is 306 Å². The zero-order chi connectivity index (χ0) is 38.3. The maximum atomic E-state index is 14.1. The molecule has 1 saturated heterocycles. The molecule has 0 saturated carbocycles. The van der Waals surface area contributed by atoms with Crippen molar-refractivity contribution in [3.05, 3.63) is 119 Å². The van der Waals surface area contributed by atoms with Crippen LogP contribution in [-0.2, 0) is 26.0 Å². The fourth-order valence-corrected chi connectivity index (χ4v) is 8.56. The fourth-order valence-electron chi connectivity index (χ4n) is 6.71. The molecular weight excluding hydrogens is 716 g/mol. The summed E-state index contributed by atoms with van der Waals surface area (Å²) in [5, 5.41) is 8.95. The average molecular weight is 759 g/mol. The van der Waals surface area contributed by atoms with Crippen molar-refractivity contribution >= 4 is 22.0 Å². The van der Waals surface area contributed by atoms with Crippen molar-refractivity contribution in [2.45, 2.75) is 74.8 Å². The van der Waals surface area contributed by atoms with Crippen LogP contribution in [0.5, 0.6) is 5.75 Å². The average Bonchev–Trinajstić information content (AvgIpc) is 3.55. The summed E-state index contributed by atoms with van der Waals surface area (Å²) in [5.74, 6) is -2.00. The SMILES string of the molecule is COC(=O)N[C@H](C(=O)NC1=C(CC[C@H]2CNC[C@H](C)N2S(=O)(=O)c2ccc(OC(F)(F)F)cc2)CC=C1)[C@@H](Cc1ccc(F)cc1)c1ccc(C)cc1. The van der Waals surface area contributed by atoms with Crippen LogP contribution in [0.25, 0.3) is 0 Å². The van der Waals surface area contributed by atoms with E-state index >= 15 is 0 Å². The number of sulfonamides is 1. The van der Waals surface area contributed by atoms with Gasteiger partial charge in [0, 0.05) is 36.8 Å². The van der Waals surface area contributed by atoms with Gasteiger partial charge in [-0.3, -0.25) is 4.79 Å².